The second-order valence-corrected chi connectivity index (χ2v) is 12.1. The first-order valence-electron chi connectivity index (χ1n) is 13.9. The number of anilines is 2. The zero-order valence-electron chi connectivity index (χ0n) is 22.7. The molecule has 0 saturated carbocycles. The molecule has 0 aromatic heterocycles. The molecule has 0 bridgehead atoms. The van der Waals surface area contributed by atoms with Crippen molar-refractivity contribution in [2.24, 2.45) is 0 Å². The van der Waals surface area contributed by atoms with Crippen LogP contribution in [0, 0.1) is 5.82 Å². The van der Waals surface area contributed by atoms with Gasteiger partial charge in [-0.2, -0.15) is 12.7 Å². The van der Waals surface area contributed by atoms with Crippen molar-refractivity contribution in [2.75, 3.05) is 74.7 Å². The van der Waals surface area contributed by atoms with Crippen LogP contribution in [-0.2, 0) is 19.7 Å². The second-order valence-electron chi connectivity index (χ2n) is 10.3. The molecule has 3 aliphatic heterocycles. The molecule has 0 aliphatic carbocycles. The Morgan fingerprint density at radius 1 is 1.00 bits per heavy atom. The zero-order chi connectivity index (χ0) is 27.6. The fourth-order valence-corrected chi connectivity index (χ4v) is 7.80. The largest absolute Gasteiger partial charge is 0.465 e. The number of likely N-dealkylation sites (N-methyl/N-ethyl adjacent to an activating group) is 1. The summed E-state index contributed by atoms with van der Waals surface area (Å²) < 4.78 is 50.4. The molecule has 5 rings (SSSR count). The molecule has 3 fully saturated rings. The monoisotopic (exact) mass is 559 g/mol. The highest BCUT2D eigenvalue weighted by molar-refractivity contribution is 7.90. The highest BCUT2D eigenvalue weighted by atomic mass is 32.2. The quantitative estimate of drug-likeness (QED) is 0.461. The van der Waals surface area contributed by atoms with Crippen molar-refractivity contribution in [3.63, 3.8) is 0 Å². The number of hydrogen-bond acceptors (Lipinski definition) is 7. The zero-order valence-corrected chi connectivity index (χ0v) is 23.5. The molecule has 9 nitrogen and oxygen atoms in total. The number of rotatable bonds is 8. The van der Waals surface area contributed by atoms with Crippen molar-refractivity contribution in [1.29, 1.82) is 0 Å². The topological polar surface area (TPSA) is 76.6 Å². The summed E-state index contributed by atoms with van der Waals surface area (Å²) in [6.45, 7) is 9.65. The lowest BCUT2D eigenvalue weighted by atomic mass is 10.0. The van der Waals surface area contributed by atoms with Crippen LogP contribution in [0.4, 0.5) is 15.8 Å². The Kier molecular flexibility index (Phi) is 8.41. The Hall–Kier alpha value is -2.73. The molecule has 0 N–H and O–H groups in total. The molecule has 39 heavy (non-hydrogen) atoms. The Labute approximate surface area is 230 Å². The summed E-state index contributed by atoms with van der Waals surface area (Å²) >= 11 is 0. The predicted octanol–water partition coefficient (Wildman–Crippen LogP) is 2.71. The maximum atomic E-state index is 15.4. The van der Waals surface area contributed by atoms with Crippen molar-refractivity contribution in [1.82, 2.24) is 14.1 Å². The molecule has 3 heterocycles. The van der Waals surface area contributed by atoms with E-state index < -0.39 is 22.1 Å². The van der Waals surface area contributed by atoms with Gasteiger partial charge in [-0.15, -0.1) is 0 Å². The third-order valence-electron chi connectivity index (χ3n) is 8.06. The number of hydrogen-bond donors (Lipinski definition) is 0. The average molecular weight is 560 g/mol. The van der Waals surface area contributed by atoms with Crippen molar-refractivity contribution in [3.05, 3.63) is 59.9 Å². The van der Waals surface area contributed by atoms with E-state index in [2.05, 4.69) is 16.7 Å². The van der Waals surface area contributed by atoms with Crippen LogP contribution < -0.4 is 9.21 Å². The summed E-state index contributed by atoms with van der Waals surface area (Å²) in [5.74, 6) is -0.730. The Morgan fingerprint density at radius 2 is 1.74 bits per heavy atom. The van der Waals surface area contributed by atoms with Gasteiger partial charge in [-0.3, -0.25) is 9.21 Å². The lowest BCUT2D eigenvalue weighted by molar-refractivity contribution is -0.150. The van der Waals surface area contributed by atoms with Gasteiger partial charge in [0.05, 0.1) is 18.0 Å². The van der Waals surface area contributed by atoms with Crippen LogP contribution in [-0.4, -0.2) is 100 Å². The molecular formula is C28H38FN5O4S. The molecule has 11 heteroatoms. The number of carbonyl (C=O) groups is 1. The molecular weight excluding hydrogens is 521 g/mol. The minimum atomic E-state index is -3.70. The number of benzene rings is 2. The first-order chi connectivity index (χ1) is 18.8. The summed E-state index contributed by atoms with van der Waals surface area (Å²) in [7, 11) is -3.70. The van der Waals surface area contributed by atoms with Gasteiger partial charge in [-0.1, -0.05) is 37.3 Å². The Balaban J connectivity index is 1.26. The molecule has 3 saturated heterocycles. The number of ether oxygens (including phenoxy) is 1. The van der Waals surface area contributed by atoms with Gasteiger partial charge in [0.2, 0.25) is 0 Å². The standard InChI is InChI=1S/C28H38FN5O4S/c1-3-30-13-12-24(21-30)34-19-18-33(39(34,36)37)23-10-11-26(25(29)20-23)31-14-16-32(17-15-31)27(28(35)38-4-2)22-8-6-5-7-9-22/h5-11,20,24,27H,3-4,12-19,21H2,1-2H3. The summed E-state index contributed by atoms with van der Waals surface area (Å²) in [6.07, 6.45) is 0.821. The van der Waals surface area contributed by atoms with E-state index in [-0.39, 0.29) is 12.0 Å². The van der Waals surface area contributed by atoms with E-state index in [1.807, 2.05) is 35.2 Å². The Bertz CT molecular complexity index is 1260. The van der Waals surface area contributed by atoms with Crippen LogP contribution in [0.15, 0.2) is 48.5 Å². The van der Waals surface area contributed by atoms with E-state index in [0.29, 0.717) is 57.3 Å². The summed E-state index contributed by atoms with van der Waals surface area (Å²) in [5.41, 5.74) is 1.67. The van der Waals surface area contributed by atoms with Crippen molar-refractivity contribution >= 4 is 27.6 Å². The van der Waals surface area contributed by atoms with Gasteiger partial charge in [-0.25, -0.2) is 9.18 Å². The summed E-state index contributed by atoms with van der Waals surface area (Å²) in [5, 5.41) is 0. The maximum absolute atomic E-state index is 15.4. The highest BCUT2D eigenvalue weighted by Crippen LogP contribution is 2.33. The van der Waals surface area contributed by atoms with Gasteiger partial charge in [0.1, 0.15) is 11.9 Å². The van der Waals surface area contributed by atoms with Gasteiger partial charge in [0.15, 0.2) is 0 Å². The lowest BCUT2D eigenvalue weighted by Gasteiger charge is -2.39. The number of likely N-dealkylation sites (tertiary alicyclic amines) is 1. The van der Waals surface area contributed by atoms with Gasteiger partial charge in [-0.05, 0) is 44.1 Å². The van der Waals surface area contributed by atoms with Gasteiger partial charge in [0, 0.05) is 57.9 Å². The summed E-state index contributed by atoms with van der Waals surface area (Å²) in [4.78, 5) is 19.1. The lowest BCUT2D eigenvalue weighted by Crippen LogP contribution is -2.49. The average Bonchev–Trinajstić information content (AvgIpc) is 3.53. The van der Waals surface area contributed by atoms with E-state index in [4.69, 9.17) is 4.74 Å². The number of esters is 1. The minimum absolute atomic E-state index is 0.0327. The first-order valence-corrected chi connectivity index (χ1v) is 15.2. The number of piperazine rings is 1. The van der Waals surface area contributed by atoms with Crippen LogP contribution in [0.25, 0.3) is 0 Å². The van der Waals surface area contributed by atoms with Crippen LogP contribution in [0.2, 0.25) is 0 Å². The van der Waals surface area contributed by atoms with Crippen LogP contribution in [0.1, 0.15) is 31.9 Å². The van der Waals surface area contributed by atoms with Crippen LogP contribution >= 0.6 is 0 Å². The third kappa shape index (κ3) is 5.63. The minimum Gasteiger partial charge on any atom is -0.465 e. The number of carbonyl (C=O) groups excluding carboxylic acids is 1. The maximum Gasteiger partial charge on any atom is 0.328 e. The molecule has 0 radical (unpaired) electrons. The van der Waals surface area contributed by atoms with Crippen molar-refractivity contribution in [3.8, 4) is 0 Å². The fraction of sp³-hybridized carbons (Fsp3) is 0.536. The molecule has 2 unspecified atom stereocenters. The van der Waals surface area contributed by atoms with Crippen molar-refractivity contribution in [2.45, 2.75) is 32.4 Å². The normalized spacial score (nSPS) is 23.3. The second kappa shape index (κ2) is 11.8. The number of halogens is 1. The number of nitrogens with zero attached hydrogens (tertiary/aromatic N) is 5. The van der Waals surface area contributed by atoms with E-state index in [1.165, 1.54) is 10.4 Å². The molecule has 2 atom stereocenters. The highest BCUT2D eigenvalue weighted by Gasteiger charge is 2.43. The molecule has 0 spiro atoms. The van der Waals surface area contributed by atoms with Crippen LogP contribution in [0.3, 0.4) is 0 Å². The van der Waals surface area contributed by atoms with Gasteiger partial charge >= 0.3 is 16.2 Å². The van der Waals surface area contributed by atoms with Crippen LogP contribution in [0.5, 0.6) is 0 Å². The predicted molar refractivity (Wildman–Crippen MR) is 149 cm³/mol. The van der Waals surface area contributed by atoms with Crippen molar-refractivity contribution < 1.29 is 22.3 Å². The van der Waals surface area contributed by atoms with Gasteiger partial charge < -0.3 is 14.5 Å². The van der Waals surface area contributed by atoms with E-state index in [0.717, 1.165) is 31.6 Å². The summed E-state index contributed by atoms with van der Waals surface area (Å²) in [6, 6.07) is 13.7. The van der Waals surface area contributed by atoms with Gasteiger partial charge in [0.25, 0.3) is 0 Å². The first kappa shape index (κ1) is 27.8. The van der Waals surface area contributed by atoms with E-state index in [1.54, 1.807) is 23.4 Å². The molecule has 2 aromatic rings. The SMILES string of the molecule is CCOC(=O)C(c1ccccc1)N1CCN(c2ccc(N3CCN(C4CCN(CC)C4)S3(=O)=O)cc2F)CC1. The van der Waals surface area contributed by atoms with E-state index in [9.17, 15) is 13.2 Å². The molecule has 2 aromatic carbocycles. The molecule has 3 aliphatic rings. The molecule has 212 valence electrons. The molecule has 0 amide bonds. The Morgan fingerprint density at radius 3 is 2.38 bits per heavy atom. The third-order valence-corrected chi connectivity index (χ3v) is 10.1. The smallest absolute Gasteiger partial charge is 0.328 e. The van der Waals surface area contributed by atoms with E-state index >= 15 is 4.39 Å². The fourth-order valence-electron chi connectivity index (χ4n) is 6.00.